The molecule has 1 N–H and O–H groups in total. The van der Waals surface area contributed by atoms with E-state index in [1.807, 2.05) is 14.0 Å². The molecule has 1 aliphatic heterocycles. The van der Waals surface area contributed by atoms with Crippen LogP contribution in [-0.4, -0.2) is 41.7 Å². The van der Waals surface area contributed by atoms with Crippen molar-refractivity contribution in [1.82, 2.24) is 15.0 Å². The van der Waals surface area contributed by atoms with Gasteiger partial charge in [0.15, 0.2) is 0 Å². The van der Waals surface area contributed by atoms with E-state index in [1.54, 1.807) is 0 Å². The van der Waals surface area contributed by atoms with Crippen molar-refractivity contribution < 1.29 is 4.74 Å². The van der Waals surface area contributed by atoms with Crippen molar-refractivity contribution in [2.45, 2.75) is 39.0 Å². The van der Waals surface area contributed by atoms with Crippen LogP contribution in [0.15, 0.2) is 0 Å². The standard InChI is InChI=1S/C13H23N5O/c1-3-19-13-16-11(14-2)15-12(17-13)18-9-7-5-4-6-8-10-18/h3-10H2,1-2H3,(H,14,15,16,17). The molecule has 1 aliphatic rings. The van der Waals surface area contributed by atoms with Crippen molar-refractivity contribution >= 4 is 11.9 Å². The van der Waals surface area contributed by atoms with Gasteiger partial charge in [0.1, 0.15) is 0 Å². The summed E-state index contributed by atoms with van der Waals surface area (Å²) in [6.07, 6.45) is 6.32. The van der Waals surface area contributed by atoms with Gasteiger partial charge in [-0.2, -0.15) is 15.0 Å². The number of hydrogen-bond acceptors (Lipinski definition) is 6. The Hall–Kier alpha value is -1.59. The zero-order valence-corrected chi connectivity index (χ0v) is 11.9. The predicted octanol–water partition coefficient (Wildman–Crippen LogP) is 2.08. The van der Waals surface area contributed by atoms with Crippen molar-refractivity contribution in [3.8, 4) is 6.01 Å². The monoisotopic (exact) mass is 265 g/mol. The van der Waals surface area contributed by atoms with Crippen LogP contribution in [-0.2, 0) is 0 Å². The second kappa shape index (κ2) is 7.11. The zero-order valence-electron chi connectivity index (χ0n) is 11.9. The second-order valence-corrected chi connectivity index (χ2v) is 4.68. The van der Waals surface area contributed by atoms with Crippen molar-refractivity contribution in [1.29, 1.82) is 0 Å². The normalized spacial score (nSPS) is 16.6. The molecule has 0 aromatic carbocycles. The largest absolute Gasteiger partial charge is 0.464 e. The number of aromatic nitrogens is 3. The molecule has 0 aliphatic carbocycles. The molecule has 0 radical (unpaired) electrons. The van der Waals surface area contributed by atoms with E-state index < -0.39 is 0 Å². The molecule has 0 amide bonds. The molecule has 2 heterocycles. The number of hydrogen-bond donors (Lipinski definition) is 1. The molecule has 0 spiro atoms. The molecular weight excluding hydrogens is 242 g/mol. The molecule has 0 bridgehead atoms. The molecule has 2 rings (SSSR count). The number of rotatable bonds is 4. The van der Waals surface area contributed by atoms with Gasteiger partial charge in [0.05, 0.1) is 6.61 Å². The first-order chi connectivity index (χ1) is 9.33. The van der Waals surface area contributed by atoms with E-state index in [4.69, 9.17) is 4.74 Å². The highest BCUT2D eigenvalue weighted by atomic mass is 16.5. The quantitative estimate of drug-likeness (QED) is 0.899. The molecule has 1 fully saturated rings. The lowest BCUT2D eigenvalue weighted by atomic mass is 10.1. The maximum Gasteiger partial charge on any atom is 0.323 e. The Labute approximate surface area is 114 Å². The summed E-state index contributed by atoms with van der Waals surface area (Å²) in [6.45, 7) is 4.52. The van der Waals surface area contributed by atoms with Crippen LogP contribution in [0.25, 0.3) is 0 Å². The van der Waals surface area contributed by atoms with Crippen molar-refractivity contribution in [2.75, 3.05) is 37.0 Å². The molecule has 6 nitrogen and oxygen atoms in total. The molecule has 0 unspecified atom stereocenters. The smallest absolute Gasteiger partial charge is 0.323 e. The Morgan fingerprint density at radius 2 is 1.74 bits per heavy atom. The lowest BCUT2D eigenvalue weighted by Crippen LogP contribution is -2.29. The van der Waals surface area contributed by atoms with E-state index >= 15 is 0 Å². The highest BCUT2D eigenvalue weighted by Gasteiger charge is 2.14. The molecule has 6 heteroatoms. The fraction of sp³-hybridized carbons (Fsp3) is 0.769. The van der Waals surface area contributed by atoms with Gasteiger partial charge in [-0.3, -0.25) is 0 Å². The number of nitrogens with zero attached hydrogens (tertiary/aromatic N) is 4. The predicted molar refractivity (Wildman–Crippen MR) is 75.8 cm³/mol. The fourth-order valence-corrected chi connectivity index (χ4v) is 2.24. The van der Waals surface area contributed by atoms with Gasteiger partial charge in [-0.25, -0.2) is 0 Å². The van der Waals surface area contributed by atoms with Crippen LogP contribution in [0.4, 0.5) is 11.9 Å². The summed E-state index contributed by atoms with van der Waals surface area (Å²) < 4.78 is 5.41. The van der Waals surface area contributed by atoms with E-state index in [2.05, 4.69) is 25.2 Å². The molecule has 1 aromatic rings. The number of anilines is 2. The molecule has 0 atom stereocenters. The van der Waals surface area contributed by atoms with Crippen LogP contribution in [0.2, 0.25) is 0 Å². The summed E-state index contributed by atoms with van der Waals surface area (Å²) in [6, 6.07) is 0.402. The van der Waals surface area contributed by atoms with E-state index in [1.165, 1.54) is 32.1 Å². The summed E-state index contributed by atoms with van der Waals surface area (Å²) in [5.41, 5.74) is 0. The average Bonchev–Trinajstić information content (AvgIpc) is 2.38. The Morgan fingerprint density at radius 1 is 1.05 bits per heavy atom. The first kappa shape index (κ1) is 13.8. The number of ether oxygens (including phenoxy) is 1. The Bertz CT molecular complexity index is 391. The van der Waals surface area contributed by atoms with E-state index in [0.717, 1.165) is 19.0 Å². The van der Waals surface area contributed by atoms with Gasteiger partial charge in [-0.05, 0) is 19.8 Å². The minimum absolute atomic E-state index is 0.402. The molecular formula is C13H23N5O. The van der Waals surface area contributed by atoms with Crippen molar-refractivity contribution in [2.24, 2.45) is 0 Å². The highest BCUT2D eigenvalue weighted by Crippen LogP contribution is 2.18. The summed E-state index contributed by atoms with van der Waals surface area (Å²) in [5.74, 6) is 1.29. The minimum Gasteiger partial charge on any atom is -0.464 e. The molecule has 0 saturated carbocycles. The fourth-order valence-electron chi connectivity index (χ4n) is 2.24. The van der Waals surface area contributed by atoms with Gasteiger partial charge in [0, 0.05) is 20.1 Å². The highest BCUT2D eigenvalue weighted by molar-refractivity contribution is 5.38. The van der Waals surface area contributed by atoms with Gasteiger partial charge >= 0.3 is 6.01 Å². The third kappa shape index (κ3) is 3.94. The van der Waals surface area contributed by atoms with E-state index in [9.17, 15) is 0 Å². The Morgan fingerprint density at radius 3 is 2.37 bits per heavy atom. The maximum atomic E-state index is 5.41. The third-order valence-electron chi connectivity index (χ3n) is 3.24. The maximum absolute atomic E-state index is 5.41. The van der Waals surface area contributed by atoms with Crippen LogP contribution >= 0.6 is 0 Å². The van der Waals surface area contributed by atoms with Crippen LogP contribution in [0.1, 0.15) is 39.0 Å². The van der Waals surface area contributed by atoms with Crippen LogP contribution < -0.4 is 15.0 Å². The third-order valence-corrected chi connectivity index (χ3v) is 3.24. The van der Waals surface area contributed by atoms with Crippen LogP contribution in [0.3, 0.4) is 0 Å². The van der Waals surface area contributed by atoms with Gasteiger partial charge < -0.3 is 15.0 Å². The van der Waals surface area contributed by atoms with Crippen LogP contribution in [0.5, 0.6) is 6.01 Å². The second-order valence-electron chi connectivity index (χ2n) is 4.68. The topological polar surface area (TPSA) is 63.2 Å². The lowest BCUT2D eigenvalue weighted by molar-refractivity contribution is 0.312. The summed E-state index contributed by atoms with van der Waals surface area (Å²) >= 11 is 0. The molecule has 106 valence electrons. The molecule has 19 heavy (non-hydrogen) atoms. The first-order valence-electron chi connectivity index (χ1n) is 7.15. The summed E-state index contributed by atoms with van der Waals surface area (Å²) in [5, 5.41) is 2.96. The van der Waals surface area contributed by atoms with Crippen molar-refractivity contribution in [3.05, 3.63) is 0 Å². The van der Waals surface area contributed by atoms with Crippen LogP contribution in [0, 0.1) is 0 Å². The lowest BCUT2D eigenvalue weighted by Gasteiger charge is -2.25. The van der Waals surface area contributed by atoms with Gasteiger partial charge in [0.2, 0.25) is 11.9 Å². The summed E-state index contributed by atoms with van der Waals surface area (Å²) in [4.78, 5) is 15.3. The Balaban J connectivity index is 2.17. The molecule has 1 aromatic heterocycles. The van der Waals surface area contributed by atoms with E-state index in [0.29, 0.717) is 18.6 Å². The summed E-state index contributed by atoms with van der Waals surface area (Å²) in [7, 11) is 1.81. The van der Waals surface area contributed by atoms with Gasteiger partial charge in [0.25, 0.3) is 0 Å². The number of nitrogens with one attached hydrogen (secondary N) is 1. The van der Waals surface area contributed by atoms with Gasteiger partial charge in [-0.15, -0.1) is 0 Å². The zero-order chi connectivity index (χ0) is 13.5. The Kier molecular flexibility index (Phi) is 5.18. The average molecular weight is 265 g/mol. The minimum atomic E-state index is 0.402. The first-order valence-corrected chi connectivity index (χ1v) is 7.15. The SMILES string of the molecule is CCOc1nc(NC)nc(N2CCCCCCC2)n1. The van der Waals surface area contributed by atoms with Crippen molar-refractivity contribution in [3.63, 3.8) is 0 Å². The molecule has 1 saturated heterocycles. The van der Waals surface area contributed by atoms with Gasteiger partial charge in [-0.1, -0.05) is 19.3 Å². The van der Waals surface area contributed by atoms with E-state index in [-0.39, 0.29) is 0 Å².